The minimum absolute atomic E-state index is 0.315. The van der Waals surface area contributed by atoms with Crippen LogP contribution in [0.5, 0.6) is 5.75 Å². The molecule has 4 atom stereocenters. The van der Waals surface area contributed by atoms with Crippen molar-refractivity contribution in [3.05, 3.63) is 52.7 Å². The number of carbonyl (C=O) groups excluding carboxylic acids is 1. The zero-order valence-electron chi connectivity index (χ0n) is 16.5. The third kappa shape index (κ3) is 4.05. The van der Waals surface area contributed by atoms with Crippen LogP contribution in [0.25, 0.3) is 0 Å². The largest absolute Gasteiger partial charge is 0.488 e. The molecule has 6 nitrogen and oxygen atoms in total. The van der Waals surface area contributed by atoms with Crippen molar-refractivity contribution in [2.75, 3.05) is 25.1 Å². The maximum Gasteiger partial charge on any atom is 0.337 e. The highest BCUT2D eigenvalue weighted by Gasteiger charge is 2.43. The van der Waals surface area contributed by atoms with E-state index in [4.69, 9.17) is 21.1 Å². The lowest BCUT2D eigenvalue weighted by molar-refractivity contribution is -0.0231. The maximum atomic E-state index is 11.7. The monoisotopic (exact) mass is 416 g/mol. The van der Waals surface area contributed by atoms with Gasteiger partial charge in [0.2, 0.25) is 0 Å². The number of pyridine rings is 1. The SMILES string of the molecule is COC(=O)c1cccc(O[C@@H]2C[C@@H]3CN(c4nccc(C)c4Cl)C[C@@H]3C[C@H]2O)c1. The average Bonchev–Trinajstić information content (AvgIpc) is 3.12. The number of aromatic nitrogens is 1. The van der Waals surface area contributed by atoms with Gasteiger partial charge in [-0.2, -0.15) is 0 Å². The molecule has 2 heterocycles. The molecule has 1 saturated heterocycles. The van der Waals surface area contributed by atoms with Gasteiger partial charge in [-0.15, -0.1) is 0 Å². The number of hydrogen-bond acceptors (Lipinski definition) is 6. The van der Waals surface area contributed by atoms with Gasteiger partial charge in [0.25, 0.3) is 0 Å². The van der Waals surface area contributed by atoms with Crippen LogP contribution in [0.1, 0.15) is 28.8 Å². The van der Waals surface area contributed by atoms with E-state index in [0.717, 1.165) is 30.9 Å². The summed E-state index contributed by atoms with van der Waals surface area (Å²) in [7, 11) is 1.35. The van der Waals surface area contributed by atoms with Gasteiger partial charge in [-0.3, -0.25) is 0 Å². The van der Waals surface area contributed by atoms with Crippen molar-refractivity contribution < 1.29 is 19.4 Å². The molecule has 7 heteroatoms. The number of hydrogen-bond donors (Lipinski definition) is 1. The second-order valence-corrected chi connectivity index (χ2v) is 8.28. The Bertz CT molecular complexity index is 906. The fraction of sp³-hybridized carbons (Fsp3) is 0.455. The second kappa shape index (κ2) is 8.20. The summed E-state index contributed by atoms with van der Waals surface area (Å²) < 4.78 is 10.8. The normalized spacial score (nSPS) is 26.1. The smallest absolute Gasteiger partial charge is 0.337 e. The van der Waals surface area contributed by atoms with E-state index in [1.165, 1.54) is 7.11 Å². The number of halogens is 1. The number of ether oxygens (including phenoxy) is 2. The zero-order chi connectivity index (χ0) is 20.5. The molecule has 4 rings (SSSR count). The fourth-order valence-corrected chi connectivity index (χ4v) is 4.66. The number of carbonyl (C=O) groups is 1. The van der Waals surface area contributed by atoms with Crippen LogP contribution in [-0.4, -0.2) is 48.5 Å². The number of aryl methyl sites for hydroxylation is 1. The number of aliphatic hydroxyl groups excluding tert-OH is 1. The van der Waals surface area contributed by atoms with E-state index in [9.17, 15) is 9.90 Å². The first kappa shape index (κ1) is 20.0. The third-order valence-electron chi connectivity index (χ3n) is 5.99. The lowest BCUT2D eigenvalue weighted by atomic mass is 9.78. The van der Waals surface area contributed by atoms with Gasteiger partial charge in [0, 0.05) is 19.3 Å². The summed E-state index contributed by atoms with van der Waals surface area (Å²) in [4.78, 5) is 18.4. The summed E-state index contributed by atoms with van der Waals surface area (Å²) >= 11 is 6.47. The molecule has 1 aromatic heterocycles. The van der Waals surface area contributed by atoms with Gasteiger partial charge in [-0.05, 0) is 61.4 Å². The minimum Gasteiger partial charge on any atom is -0.488 e. The maximum absolute atomic E-state index is 11.7. The van der Waals surface area contributed by atoms with E-state index < -0.39 is 12.1 Å². The number of rotatable bonds is 4. The molecule has 1 saturated carbocycles. The molecule has 2 aliphatic rings. The van der Waals surface area contributed by atoms with Crippen LogP contribution in [0, 0.1) is 18.8 Å². The van der Waals surface area contributed by atoms with Crippen molar-refractivity contribution >= 4 is 23.4 Å². The van der Waals surface area contributed by atoms with Crippen molar-refractivity contribution in [2.45, 2.75) is 32.0 Å². The first-order chi connectivity index (χ1) is 14.0. The fourth-order valence-electron chi connectivity index (χ4n) is 4.43. The molecule has 0 bridgehead atoms. The zero-order valence-corrected chi connectivity index (χ0v) is 17.3. The van der Waals surface area contributed by atoms with E-state index in [1.54, 1.807) is 30.5 Å². The Hall–Kier alpha value is -2.31. The predicted molar refractivity (Wildman–Crippen MR) is 111 cm³/mol. The van der Waals surface area contributed by atoms with Gasteiger partial charge in [-0.1, -0.05) is 17.7 Å². The van der Waals surface area contributed by atoms with Gasteiger partial charge in [0.1, 0.15) is 17.7 Å². The van der Waals surface area contributed by atoms with E-state index in [0.29, 0.717) is 34.6 Å². The second-order valence-electron chi connectivity index (χ2n) is 7.91. The first-order valence-electron chi connectivity index (χ1n) is 9.85. The number of nitrogens with zero attached hydrogens (tertiary/aromatic N) is 2. The van der Waals surface area contributed by atoms with Crippen molar-refractivity contribution in [2.24, 2.45) is 11.8 Å². The molecule has 2 aromatic rings. The summed E-state index contributed by atoms with van der Waals surface area (Å²) in [6, 6.07) is 8.79. The molecule has 1 aliphatic heterocycles. The Balaban J connectivity index is 1.46. The Morgan fingerprint density at radius 1 is 1.24 bits per heavy atom. The molecule has 29 heavy (non-hydrogen) atoms. The quantitative estimate of drug-likeness (QED) is 0.769. The molecule has 0 unspecified atom stereocenters. The van der Waals surface area contributed by atoms with Crippen LogP contribution < -0.4 is 9.64 Å². The predicted octanol–water partition coefficient (Wildman–Crippen LogP) is 3.48. The Kier molecular flexibility index (Phi) is 5.65. The molecule has 2 fully saturated rings. The third-order valence-corrected chi connectivity index (χ3v) is 6.46. The molecular formula is C22H25ClN2O4. The number of methoxy groups -OCH3 is 1. The van der Waals surface area contributed by atoms with E-state index in [-0.39, 0.29) is 6.10 Å². The van der Waals surface area contributed by atoms with Gasteiger partial charge < -0.3 is 19.5 Å². The summed E-state index contributed by atoms with van der Waals surface area (Å²) in [6.07, 6.45) is 2.33. The highest BCUT2D eigenvalue weighted by Crippen LogP contribution is 2.41. The minimum atomic E-state index is -0.557. The van der Waals surface area contributed by atoms with Crippen LogP contribution >= 0.6 is 11.6 Å². The number of fused-ring (bicyclic) bond motifs is 1. The number of esters is 1. The molecule has 1 aliphatic carbocycles. The average molecular weight is 417 g/mol. The topological polar surface area (TPSA) is 71.9 Å². The molecular weight excluding hydrogens is 392 g/mol. The van der Waals surface area contributed by atoms with E-state index in [1.807, 2.05) is 13.0 Å². The van der Waals surface area contributed by atoms with Crippen LogP contribution in [-0.2, 0) is 4.74 Å². The highest BCUT2D eigenvalue weighted by atomic mass is 35.5. The number of benzene rings is 1. The molecule has 0 amide bonds. The van der Waals surface area contributed by atoms with E-state index in [2.05, 4.69) is 9.88 Å². The first-order valence-corrected chi connectivity index (χ1v) is 10.2. The van der Waals surface area contributed by atoms with E-state index >= 15 is 0 Å². The van der Waals surface area contributed by atoms with Gasteiger partial charge >= 0.3 is 5.97 Å². The van der Waals surface area contributed by atoms with Crippen LogP contribution in [0.3, 0.4) is 0 Å². The Labute approximate surface area is 175 Å². The summed E-state index contributed by atoms with van der Waals surface area (Å²) in [5.74, 6) is 1.75. The molecule has 1 N–H and O–H groups in total. The van der Waals surface area contributed by atoms with Crippen LogP contribution in [0.2, 0.25) is 5.02 Å². The summed E-state index contributed by atoms with van der Waals surface area (Å²) in [5.41, 5.74) is 1.44. The van der Waals surface area contributed by atoms with Crippen LogP contribution in [0.15, 0.2) is 36.5 Å². The lowest BCUT2D eigenvalue weighted by Crippen LogP contribution is -2.42. The lowest BCUT2D eigenvalue weighted by Gasteiger charge is -2.35. The molecule has 1 aromatic carbocycles. The Morgan fingerprint density at radius 2 is 2.00 bits per heavy atom. The molecule has 0 radical (unpaired) electrons. The van der Waals surface area contributed by atoms with Crippen molar-refractivity contribution in [1.82, 2.24) is 4.98 Å². The van der Waals surface area contributed by atoms with Crippen molar-refractivity contribution in [3.63, 3.8) is 0 Å². The summed E-state index contributed by atoms with van der Waals surface area (Å²) in [6.45, 7) is 3.66. The highest BCUT2D eigenvalue weighted by molar-refractivity contribution is 6.33. The standard InChI is InChI=1S/C22H25ClN2O4/c1-13-6-7-24-21(20(13)23)25-11-15-9-18(26)19(10-16(15)12-25)29-17-5-3-4-14(8-17)22(27)28-2/h3-8,15-16,18-19,26H,9-12H2,1-2H3/t15-,16+,18+,19+/m0/s1. The van der Waals surface area contributed by atoms with Gasteiger partial charge in [0.05, 0.1) is 23.8 Å². The van der Waals surface area contributed by atoms with Crippen molar-refractivity contribution in [3.8, 4) is 5.75 Å². The van der Waals surface area contributed by atoms with Crippen molar-refractivity contribution in [1.29, 1.82) is 0 Å². The molecule has 0 spiro atoms. The Morgan fingerprint density at radius 3 is 2.76 bits per heavy atom. The molecule has 154 valence electrons. The van der Waals surface area contributed by atoms with Gasteiger partial charge in [-0.25, -0.2) is 9.78 Å². The number of aliphatic hydroxyl groups is 1. The summed E-state index contributed by atoms with van der Waals surface area (Å²) in [5, 5.41) is 11.4. The number of anilines is 1. The van der Waals surface area contributed by atoms with Gasteiger partial charge in [0.15, 0.2) is 0 Å². The van der Waals surface area contributed by atoms with Crippen LogP contribution in [0.4, 0.5) is 5.82 Å².